The minimum absolute atomic E-state index is 0.0247. The molecule has 0 aromatic heterocycles. The van der Waals surface area contributed by atoms with Crippen molar-refractivity contribution in [3.05, 3.63) is 77.6 Å². The summed E-state index contributed by atoms with van der Waals surface area (Å²) in [6.07, 6.45) is 15.0. The van der Waals surface area contributed by atoms with E-state index in [1.165, 1.54) is 0 Å². The number of hydrogen-bond acceptors (Lipinski definition) is 7. The molecule has 0 radical (unpaired) electrons. The fourth-order valence-electron chi connectivity index (χ4n) is 6.57. The van der Waals surface area contributed by atoms with E-state index in [1.54, 1.807) is 12.5 Å². The molecule has 3 fully saturated rings. The molecule has 0 bridgehead atoms. The lowest BCUT2D eigenvalue weighted by Gasteiger charge is -2.43. The molecule has 2 aliphatic carbocycles. The van der Waals surface area contributed by atoms with Gasteiger partial charge in [-0.05, 0) is 107 Å². The van der Waals surface area contributed by atoms with E-state index in [0.717, 1.165) is 68.2 Å². The number of benzene rings is 1. The predicted molar refractivity (Wildman–Crippen MR) is 203 cm³/mol. The van der Waals surface area contributed by atoms with Crippen LogP contribution in [-0.4, -0.2) is 96.8 Å². The highest BCUT2D eigenvalue weighted by molar-refractivity contribution is 6.30. The molecule has 1 aromatic carbocycles. The molecule has 1 saturated heterocycles. The predicted octanol–water partition coefficient (Wildman–Crippen LogP) is 7.69. The van der Waals surface area contributed by atoms with Crippen LogP contribution < -0.4 is 10.6 Å². The number of alkyl carbamates (subject to hydrolysis) is 1. The summed E-state index contributed by atoms with van der Waals surface area (Å²) in [4.78, 5) is 36.9. The second-order valence-corrected chi connectivity index (χ2v) is 14.2. The molecule has 1 aliphatic heterocycles. The molecule has 2 N–H and O–H groups in total. The second-order valence-electron chi connectivity index (χ2n) is 13.7. The number of amides is 2. The monoisotopic (exact) mass is 708 g/mol. The van der Waals surface area contributed by atoms with Gasteiger partial charge in [0.05, 0.1) is 24.5 Å². The summed E-state index contributed by atoms with van der Waals surface area (Å²) in [5, 5.41) is 7.17. The van der Waals surface area contributed by atoms with Gasteiger partial charge in [-0.25, -0.2) is 14.6 Å². The van der Waals surface area contributed by atoms with Gasteiger partial charge in [-0.15, -0.1) is 0 Å². The van der Waals surface area contributed by atoms with Crippen LogP contribution in [0.15, 0.2) is 66.5 Å². The number of rotatable bonds is 16. The lowest BCUT2D eigenvalue weighted by Crippen LogP contribution is -2.53. The largest absolute Gasteiger partial charge is 0.446 e. The Morgan fingerprint density at radius 3 is 2.46 bits per heavy atom. The molecule has 10 nitrogen and oxygen atoms in total. The number of nitrogens with zero attached hydrogens (tertiary/aromatic N) is 4. The Balaban J connectivity index is 1.67. The maximum Gasteiger partial charge on any atom is 0.410 e. The van der Waals surface area contributed by atoms with Crippen molar-refractivity contribution in [3.63, 3.8) is 0 Å². The summed E-state index contributed by atoms with van der Waals surface area (Å²) in [6.45, 7) is 20.1. The molecule has 11 heteroatoms. The van der Waals surface area contributed by atoms with Crippen LogP contribution in [0.1, 0.15) is 89.8 Å². The van der Waals surface area contributed by atoms with Crippen molar-refractivity contribution in [2.75, 3.05) is 39.8 Å². The lowest BCUT2D eigenvalue weighted by atomic mass is 9.85. The van der Waals surface area contributed by atoms with Crippen LogP contribution in [0.5, 0.6) is 0 Å². The quantitative estimate of drug-likeness (QED) is 0.103. The Hall–Kier alpha value is -3.76. The van der Waals surface area contributed by atoms with Crippen molar-refractivity contribution in [1.82, 2.24) is 25.3 Å². The van der Waals surface area contributed by atoms with Gasteiger partial charge in [-0.2, -0.15) is 0 Å². The van der Waals surface area contributed by atoms with Gasteiger partial charge in [-0.1, -0.05) is 49.4 Å². The van der Waals surface area contributed by atoms with Gasteiger partial charge >= 0.3 is 12.2 Å². The summed E-state index contributed by atoms with van der Waals surface area (Å²) in [7, 11) is 1.94. The Bertz CT molecular complexity index is 1430. The van der Waals surface area contributed by atoms with Crippen LogP contribution in [0.25, 0.3) is 5.57 Å². The topological polar surface area (TPSA) is 98.7 Å². The normalized spacial score (nSPS) is 19.8. The number of carbonyl (C=O) groups is 2. The first-order valence-electron chi connectivity index (χ1n) is 18.1. The SMILES string of the molecule is C=C(c1cc(Cl)ccc1C(C(N/C=C\C)C(=C)C)N1CCN(C(=O)OC2CCCC2)CC1)C(/C=C/N=CN(C)CC)NC(=O)OC1(CC)CC1. The summed E-state index contributed by atoms with van der Waals surface area (Å²) >= 11 is 6.69. The van der Waals surface area contributed by atoms with E-state index in [4.69, 9.17) is 21.1 Å². The van der Waals surface area contributed by atoms with Crippen molar-refractivity contribution >= 4 is 35.7 Å². The number of nitrogens with one attached hydrogen (secondary N) is 2. The van der Waals surface area contributed by atoms with Gasteiger partial charge in [0.2, 0.25) is 0 Å². The first-order chi connectivity index (χ1) is 24.0. The number of hydrogen-bond donors (Lipinski definition) is 2. The maximum atomic E-state index is 13.3. The minimum Gasteiger partial charge on any atom is -0.446 e. The first kappa shape index (κ1) is 39.0. The third-order valence-electron chi connectivity index (χ3n) is 10.0. The Kier molecular flexibility index (Phi) is 14.4. The van der Waals surface area contributed by atoms with Gasteiger partial charge < -0.3 is 29.9 Å². The summed E-state index contributed by atoms with van der Waals surface area (Å²) in [5.41, 5.74) is 2.98. The van der Waals surface area contributed by atoms with Crippen molar-refractivity contribution < 1.29 is 19.1 Å². The smallest absolute Gasteiger partial charge is 0.410 e. The third-order valence-corrected chi connectivity index (χ3v) is 10.3. The van der Waals surface area contributed by atoms with E-state index < -0.39 is 17.7 Å². The Morgan fingerprint density at radius 2 is 1.86 bits per heavy atom. The van der Waals surface area contributed by atoms with Crippen LogP contribution in [0.4, 0.5) is 9.59 Å². The third kappa shape index (κ3) is 10.6. The van der Waals surface area contributed by atoms with E-state index in [1.807, 2.05) is 81.1 Å². The molecular formula is C39H57ClN6O4. The van der Waals surface area contributed by atoms with E-state index in [-0.39, 0.29) is 24.3 Å². The molecular weight excluding hydrogens is 652 g/mol. The molecule has 3 unspecified atom stereocenters. The van der Waals surface area contributed by atoms with Gasteiger partial charge in [0.1, 0.15) is 11.7 Å². The van der Waals surface area contributed by atoms with Crippen molar-refractivity contribution in [2.24, 2.45) is 4.99 Å². The van der Waals surface area contributed by atoms with Gasteiger partial charge in [0.15, 0.2) is 0 Å². The molecule has 1 aromatic rings. The van der Waals surface area contributed by atoms with Crippen LogP contribution in [0.3, 0.4) is 0 Å². The van der Waals surface area contributed by atoms with Crippen molar-refractivity contribution in [1.29, 1.82) is 0 Å². The standard InChI is InChI=1S/C39H57ClN6O4/c1-8-20-42-35(28(4)5)36(45-22-24-46(25-23-45)38(48)49-31-13-11-12-14-31)32-16-15-30(40)26-33(32)29(6)34(17-21-41-27-44(7)10-3)43-37(47)50-39(9-2)18-19-39/h8,15-17,20-21,26-27,31,34-36,42H,4,6,9-14,18-19,22-25H2,1-3,5,7H3,(H,43,47)/b20-8-,21-17+,41-27?. The fraction of sp³-hybridized carbons (Fsp3) is 0.564. The summed E-state index contributed by atoms with van der Waals surface area (Å²) in [5.74, 6) is 0. The van der Waals surface area contributed by atoms with E-state index >= 15 is 0 Å². The Labute approximate surface area is 304 Å². The van der Waals surface area contributed by atoms with Crippen LogP contribution in [0.2, 0.25) is 5.02 Å². The number of piperazine rings is 1. The van der Waals surface area contributed by atoms with Crippen molar-refractivity contribution in [3.8, 4) is 0 Å². The maximum absolute atomic E-state index is 13.3. The van der Waals surface area contributed by atoms with Crippen LogP contribution in [-0.2, 0) is 9.47 Å². The zero-order valence-electron chi connectivity index (χ0n) is 30.6. The summed E-state index contributed by atoms with van der Waals surface area (Å²) < 4.78 is 11.7. The molecule has 50 heavy (non-hydrogen) atoms. The lowest BCUT2D eigenvalue weighted by molar-refractivity contribution is 0.0378. The van der Waals surface area contributed by atoms with E-state index in [9.17, 15) is 9.59 Å². The van der Waals surface area contributed by atoms with Gasteiger partial charge in [0, 0.05) is 51.0 Å². The van der Waals surface area contributed by atoms with E-state index in [2.05, 4.69) is 33.7 Å². The fourth-order valence-corrected chi connectivity index (χ4v) is 6.74. The summed E-state index contributed by atoms with van der Waals surface area (Å²) in [6, 6.07) is 4.80. The molecule has 3 aliphatic rings. The average Bonchev–Trinajstić information content (AvgIpc) is 3.69. The van der Waals surface area contributed by atoms with Crippen molar-refractivity contribution in [2.45, 2.75) is 102 Å². The van der Waals surface area contributed by atoms with Gasteiger partial charge in [0.25, 0.3) is 0 Å². The number of allylic oxidation sites excluding steroid dienone is 1. The highest BCUT2D eigenvalue weighted by Gasteiger charge is 2.45. The zero-order chi connectivity index (χ0) is 36.3. The molecule has 2 amide bonds. The molecule has 274 valence electrons. The number of ether oxygens (including phenoxy) is 2. The highest BCUT2D eigenvalue weighted by Crippen LogP contribution is 2.43. The molecule has 1 heterocycles. The zero-order valence-corrected chi connectivity index (χ0v) is 31.4. The van der Waals surface area contributed by atoms with Gasteiger partial charge in [-0.3, -0.25) is 4.90 Å². The highest BCUT2D eigenvalue weighted by atomic mass is 35.5. The molecule has 2 saturated carbocycles. The minimum atomic E-state index is -0.633. The molecule has 0 spiro atoms. The Morgan fingerprint density at radius 1 is 1.16 bits per heavy atom. The second kappa shape index (κ2) is 18.5. The number of carbonyl (C=O) groups excluding carboxylic acids is 2. The number of halogens is 1. The van der Waals surface area contributed by atoms with Crippen LogP contribution in [0, 0.1) is 0 Å². The van der Waals surface area contributed by atoms with Crippen LogP contribution >= 0.6 is 11.6 Å². The first-order valence-corrected chi connectivity index (χ1v) is 18.5. The molecule has 4 rings (SSSR count). The molecule has 3 atom stereocenters. The average molecular weight is 709 g/mol. The van der Waals surface area contributed by atoms with E-state index in [0.29, 0.717) is 36.8 Å². The number of aliphatic imine (C=N–C) groups is 1.